The lowest BCUT2D eigenvalue weighted by Crippen LogP contribution is -2.26. The average molecular weight is 289 g/mol. The van der Waals surface area contributed by atoms with Gasteiger partial charge in [0.15, 0.2) is 21.4 Å². The monoisotopic (exact) mass is 289 g/mol. The molecule has 1 rings (SSSR count). The zero-order valence-corrected chi connectivity index (χ0v) is 12.3. The highest BCUT2D eigenvalue weighted by atomic mass is 32.2. The molecule has 0 saturated heterocycles. The first-order valence-electron chi connectivity index (χ1n) is 6.27. The molecule has 1 aromatic carbocycles. The molecule has 0 heterocycles. The molecule has 0 fully saturated rings. The predicted molar refractivity (Wildman–Crippen MR) is 75.0 cm³/mol. The highest BCUT2D eigenvalue weighted by Gasteiger charge is 2.14. The van der Waals surface area contributed by atoms with Gasteiger partial charge in [-0.15, -0.1) is 0 Å². The second kappa shape index (κ2) is 6.75. The maximum atomic E-state index is 13.6. The van der Waals surface area contributed by atoms with Crippen molar-refractivity contribution in [1.82, 2.24) is 0 Å². The SMILES string of the molecule is CCOc1ccc(NC(C)CS(=O)(=O)CC)cc1F. The average Bonchev–Trinajstić information content (AvgIpc) is 2.32. The molecule has 0 bridgehead atoms. The van der Waals surface area contributed by atoms with Crippen molar-refractivity contribution >= 4 is 15.5 Å². The van der Waals surface area contributed by atoms with Crippen LogP contribution in [0.25, 0.3) is 0 Å². The van der Waals surface area contributed by atoms with Crippen LogP contribution in [0.1, 0.15) is 20.8 Å². The van der Waals surface area contributed by atoms with E-state index in [1.165, 1.54) is 12.1 Å². The van der Waals surface area contributed by atoms with Crippen molar-refractivity contribution < 1.29 is 17.5 Å². The number of anilines is 1. The summed E-state index contributed by atoms with van der Waals surface area (Å²) in [6.45, 7) is 5.54. The van der Waals surface area contributed by atoms with Crippen molar-refractivity contribution in [3.8, 4) is 5.75 Å². The molecule has 0 aliphatic heterocycles. The minimum Gasteiger partial charge on any atom is -0.491 e. The fraction of sp³-hybridized carbons (Fsp3) is 0.538. The quantitative estimate of drug-likeness (QED) is 0.837. The Kier molecular flexibility index (Phi) is 5.60. The number of halogens is 1. The van der Waals surface area contributed by atoms with Gasteiger partial charge in [-0.05, 0) is 26.0 Å². The molecule has 0 amide bonds. The topological polar surface area (TPSA) is 55.4 Å². The maximum absolute atomic E-state index is 13.6. The highest BCUT2D eigenvalue weighted by Crippen LogP contribution is 2.21. The minimum atomic E-state index is -3.05. The van der Waals surface area contributed by atoms with Crippen LogP contribution in [0.4, 0.5) is 10.1 Å². The van der Waals surface area contributed by atoms with Gasteiger partial charge in [-0.1, -0.05) is 6.92 Å². The van der Waals surface area contributed by atoms with E-state index < -0.39 is 15.7 Å². The molecule has 1 N–H and O–H groups in total. The predicted octanol–water partition coefficient (Wildman–Crippen LogP) is 2.46. The van der Waals surface area contributed by atoms with Crippen molar-refractivity contribution in [3.63, 3.8) is 0 Å². The van der Waals surface area contributed by atoms with Gasteiger partial charge in [-0.3, -0.25) is 0 Å². The van der Waals surface area contributed by atoms with Gasteiger partial charge in [-0.2, -0.15) is 0 Å². The van der Waals surface area contributed by atoms with E-state index in [0.717, 1.165) is 0 Å². The summed E-state index contributed by atoms with van der Waals surface area (Å²) in [5, 5.41) is 2.97. The number of benzene rings is 1. The molecule has 0 aliphatic rings. The van der Waals surface area contributed by atoms with E-state index in [-0.39, 0.29) is 23.3 Å². The Bertz CT molecular complexity index is 517. The van der Waals surface area contributed by atoms with Crippen LogP contribution in [0, 0.1) is 5.82 Å². The van der Waals surface area contributed by atoms with E-state index >= 15 is 0 Å². The first-order chi connectivity index (χ1) is 8.88. The Morgan fingerprint density at radius 3 is 2.58 bits per heavy atom. The first-order valence-corrected chi connectivity index (χ1v) is 8.09. The molecule has 0 spiro atoms. The lowest BCUT2D eigenvalue weighted by Gasteiger charge is -2.15. The Hall–Kier alpha value is -1.30. The molecule has 0 radical (unpaired) electrons. The van der Waals surface area contributed by atoms with E-state index in [1.54, 1.807) is 26.8 Å². The van der Waals surface area contributed by atoms with Gasteiger partial charge in [0.25, 0.3) is 0 Å². The van der Waals surface area contributed by atoms with Crippen LogP contribution < -0.4 is 10.1 Å². The molecule has 0 aromatic heterocycles. The number of rotatable bonds is 7. The molecule has 6 heteroatoms. The largest absolute Gasteiger partial charge is 0.491 e. The van der Waals surface area contributed by atoms with Gasteiger partial charge in [-0.25, -0.2) is 12.8 Å². The van der Waals surface area contributed by atoms with Crippen LogP contribution >= 0.6 is 0 Å². The lowest BCUT2D eigenvalue weighted by atomic mass is 10.2. The van der Waals surface area contributed by atoms with Gasteiger partial charge in [0.2, 0.25) is 0 Å². The molecule has 0 aliphatic carbocycles. The standard InChI is InChI=1S/C13H20FNO3S/c1-4-18-13-7-6-11(8-12(13)14)15-10(3)9-19(16,17)5-2/h6-8,10,15H,4-5,9H2,1-3H3. The molecule has 108 valence electrons. The number of sulfone groups is 1. The third-order valence-corrected chi connectivity index (χ3v) is 4.48. The summed E-state index contributed by atoms with van der Waals surface area (Å²) in [4.78, 5) is 0. The van der Waals surface area contributed by atoms with Crippen LogP contribution in [0.5, 0.6) is 5.75 Å². The van der Waals surface area contributed by atoms with Crippen molar-refractivity contribution in [2.45, 2.75) is 26.8 Å². The third-order valence-electron chi connectivity index (χ3n) is 2.59. The van der Waals surface area contributed by atoms with Crippen LogP contribution in [0.3, 0.4) is 0 Å². The van der Waals surface area contributed by atoms with Crippen molar-refractivity contribution in [2.75, 3.05) is 23.4 Å². The second-order valence-electron chi connectivity index (χ2n) is 4.32. The van der Waals surface area contributed by atoms with Crippen molar-refractivity contribution in [3.05, 3.63) is 24.0 Å². The summed E-state index contributed by atoms with van der Waals surface area (Å²) in [5.41, 5.74) is 0.541. The maximum Gasteiger partial charge on any atom is 0.167 e. The summed E-state index contributed by atoms with van der Waals surface area (Å²) in [6.07, 6.45) is 0. The first kappa shape index (κ1) is 15.8. The van der Waals surface area contributed by atoms with E-state index in [4.69, 9.17) is 4.74 Å². The smallest absolute Gasteiger partial charge is 0.167 e. The van der Waals surface area contributed by atoms with Gasteiger partial charge in [0, 0.05) is 23.5 Å². The summed E-state index contributed by atoms with van der Waals surface area (Å²) >= 11 is 0. The van der Waals surface area contributed by atoms with Crippen LogP contribution in [0.15, 0.2) is 18.2 Å². The Labute approximate surface area is 113 Å². The number of nitrogens with one attached hydrogen (secondary N) is 1. The molecular weight excluding hydrogens is 269 g/mol. The zero-order chi connectivity index (χ0) is 14.5. The van der Waals surface area contributed by atoms with Gasteiger partial charge in [0.1, 0.15) is 0 Å². The van der Waals surface area contributed by atoms with Crippen LogP contribution in [-0.4, -0.2) is 32.6 Å². The Morgan fingerprint density at radius 2 is 2.05 bits per heavy atom. The van der Waals surface area contributed by atoms with Gasteiger partial charge in [0.05, 0.1) is 12.4 Å². The van der Waals surface area contributed by atoms with Crippen LogP contribution in [-0.2, 0) is 9.84 Å². The molecule has 0 saturated carbocycles. The van der Waals surface area contributed by atoms with Crippen LogP contribution in [0.2, 0.25) is 0 Å². The fourth-order valence-corrected chi connectivity index (χ4v) is 2.77. The minimum absolute atomic E-state index is 0.0261. The van der Waals surface area contributed by atoms with Gasteiger partial charge >= 0.3 is 0 Å². The van der Waals surface area contributed by atoms with E-state index in [1.807, 2.05) is 0 Å². The third kappa shape index (κ3) is 5.06. The number of hydrogen-bond acceptors (Lipinski definition) is 4. The summed E-state index contributed by atoms with van der Waals surface area (Å²) < 4.78 is 41.6. The second-order valence-corrected chi connectivity index (χ2v) is 6.72. The summed E-state index contributed by atoms with van der Waals surface area (Å²) in [5.74, 6) is -0.131. The summed E-state index contributed by atoms with van der Waals surface area (Å²) in [6, 6.07) is 4.23. The van der Waals surface area contributed by atoms with E-state index in [2.05, 4.69) is 5.32 Å². The zero-order valence-electron chi connectivity index (χ0n) is 11.4. The Balaban J connectivity index is 2.70. The van der Waals surface area contributed by atoms with Crippen molar-refractivity contribution in [1.29, 1.82) is 0 Å². The summed E-state index contributed by atoms with van der Waals surface area (Å²) in [7, 11) is -3.05. The molecule has 1 unspecified atom stereocenters. The number of hydrogen-bond donors (Lipinski definition) is 1. The molecule has 1 aromatic rings. The normalized spacial score (nSPS) is 13.1. The fourth-order valence-electron chi connectivity index (χ4n) is 1.69. The highest BCUT2D eigenvalue weighted by molar-refractivity contribution is 7.91. The lowest BCUT2D eigenvalue weighted by molar-refractivity contribution is 0.321. The van der Waals surface area contributed by atoms with E-state index in [9.17, 15) is 12.8 Å². The van der Waals surface area contributed by atoms with Gasteiger partial charge < -0.3 is 10.1 Å². The Morgan fingerprint density at radius 1 is 1.37 bits per heavy atom. The number of ether oxygens (including phenoxy) is 1. The van der Waals surface area contributed by atoms with E-state index in [0.29, 0.717) is 12.3 Å². The molecule has 19 heavy (non-hydrogen) atoms. The molecular formula is C13H20FNO3S. The molecule has 1 atom stereocenters. The van der Waals surface area contributed by atoms with Crippen molar-refractivity contribution in [2.24, 2.45) is 0 Å². The molecule has 4 nitrogen and oxygen atoms in total.